The Morgan fingerprint density at radius 2 is 1.90 bits per heavy atom. The van der Waals surface area contributed by atoms with Crippen molar-refractivity contribution in [2.45, 2.75) is 32.5 Å². The van der Waals surface area contributed by atoms with Gasteiger partial charge in [-0.25, -0.2) is 0 Å². The molecule has 1 atom stereocenters. The largest absolute Gasteiger partial charge is 0.491 e. The summed E-state index contributed by atoms with van der Waals surface area (Å²) >= 11 is 0. The van der Waals surface area contributed by atoms with Crippen LogP contribution in [-0.4, -0.2) is 54.8 Å². The molecule has 0 saturated carbocycles. The molecule has 1 rings (SSSR count). The molecule has 0 aromatic heterocycles. The lowest BCUT2D eigenvalue weighted by atomic mass is 10.1. The van der Waals surface area contributed by atoms with Crippen molar-refractivity contribution in [3.63, 3.8) is 0 Å². The molecule has 0 heterocycles. The molecule has 1 unspecified atom stereocenters. The zero-order valence-corrected chi connectivity index (χ0v) is 13.5. The first-order valence-electron chi connectivity index (χ1n) is 7.11. The van der Waals surface area contributed by atoms with Gasteiger partial charge in [0, 0.05) is 18.7 Å². The summed E-state index contributed by atoms with van der Waals surface area (Å²) in [5.74, 6) is 0.534. The molecule has 5 heteroatoms. The van der Waals surface area contributed by atoms with E-state index in [-0.39, 0.29) is 18.6 Å². The molecular weight excluding hydrogens is 268 g/mol. The van der Waals surface area contributed by atoms with Crippen molar-refractivity contribution in [2.24, 2.45) is 0 Å². The number of ether oxygens (including phenoxy) is 1. The predicted molar refractivity (Wildman–Crippen MR) is 83.7 cm³/mol. The van der Waals surface area contributed by atoms with Crippen molar-refractivity contribution >= 4 is 5.91 Å². The van der Waals surface area contributed by atoms with E-state index in [1.54, 1.807) is 31.2 Å². The summed E-state index contributed by atoms with van der Waals surface area (Å²) in [7, 11) is 3.76. The van der Waals surface area contributed by atoms with Gasteiger partial charge in [-0.1, -0.05) is 0 Å². The predicted octanol–water partition coefficient (Wildman–Crippen LogP) is 1.52. The van der Waals surface area contributed by atoms with Crippen LogP contribution in [0.4, 0.5) is 0 Å². The van der Waals surface area contributed by atoms with Gasteiger partial charge in [-0.15, -0.1) is 0 Å². The minimum Gasteiger partial charge on any atom is -0.491 e. The Kier molecular flexibility index (Phi) is 6.18. The van der Waals surface area contributed by atoms with Gasteiger partial charge in [-0.3, -0.25) is 4.79 Å². The normalized spacial score (nSPS) is 14.1. The van der Waals surface area contributed by atoms with Crippen LogP contribution in [0.5, 0.6) is 5.75 Å². The molecule has 0 spiro atoms. The number of hydrogen-bond acceptors (Lipinski definition) is 4. The van der Waals surface area contributed by atoms with E-state index in [9.17, 15) is 9.90 Å². The Bertz CT molecular complexity index is 453. The number of amides is 1. The number of nitrogens with zero attached hydrogens (tertiary/aromatic N) is 1. The third-order valence-electron chi connectivity index (χ3n) is 2.77. The van der Waals surface area contributed by atoms with Gasteiger partial charge in [0.1, 0.15) is 5.75 Å². The third-order valence-corrected chi connectivity index (χ3v) is 2.77. The molecule has 0 saturated heterocycles. The molecule has 1 aromatic carbocycles. The second-order valence-corrected chi connectivity index (χ2v) is 6.11. The number of nitrogens with one attached hydrogen (secondary N) is 1. The summed E-state index contributed by atoms with van der Waals surface area (Å²) in [6, 6.07) is 6.97. The quantitative estimate of drug-likeness (QED) is 0.800. The molecule has 0 aliphatic carbocycles. The first-order chi connectivity index (χ1) is 9.69. The van der Waals surface area contributed by atoms with E-state index in [1.807, 2.05) is 32.8 Å². The zero-order chi connectivity index (χ0) is 16.0. The molecular formula is C16H26N2O3. The lowest BCUT2D eigenvalue weighted by Crippen LogP contribution is -2.47. The van der Waals surface area contributed by atoms with Gasteiger partial charge >= 0.3 is 0 Å². The Balaban J connectivity index is 2.56. The summed E-state index contributed by atoms with van der Waals surface area (Å²) in [5.41, 5.74) is -0.411. The smallest absolute Gasteiger partial charge is 0.251 e. The van der Waals surface area contributed by atoms with Crippen LogP contribution in [-0.2, 0) is 0 Å². The van der Waals surface area contributed by atoms with Gasteiger partial charge in [0.2, 0.25) is 0 Å². The number of carbonyl (C=O) groups is 1. The maximum absolute atomic E-state index is 12.0. The first kappa shape index (κ1) is 17.5. The first-order valence-corrected chi connectivity index (χ1v) is 7.11. The Morgan fingerprint density at radius 1 is 1.33 bits per heavy atom. The Morgan fingerprint density at radius 3 is 2.38 bits per heavy atom. The van der Waals surface area contributed by atoms with E-state index >= 15 is 0 Å². The minimum absolute atomic E-state index is 0.103. The highest BCUT2D eigenvalue weighted by Crippen LogP contribution is 2.14. The fourth-order valence-corrected chi connectivity index (χ4v) is 2.07. The zero-order valence-electron chi connectivity index (χ0n) is 13.5. The second kappa shape index (κ2) is 7.43. The van der Waals surface area contributed by atoms with Crippen molar-refractivity contribution in [1.29, 1.82) is 0 Å². The van der Waals surface area contributed by atoms with Gasteiger partial charge in [0.25, 0.3) is 5.91 Å². The van der Waals surface area contributed by atoms with Crippen LogP contribution in [0.25, 0.3) is 0 Å². The monoisotopic (exact) mass is 294 g/mol. The van der Waals surface area contributed by atoms with E-state index in [2.05, 4.69) is 5.32 Å². The van der Waals surface area contributed by atoms with Crippen molar-refractivity contribution < 1.29 is 14.6 Å². The van der Waals surface area contributed by atoms with Crippen LogP contribution < -0.4 is 10.1 Å². The van der Waals surface area contributed by atoms with Crippen LogP contribution in [0, 0.1) is 0 Å². The summed E-state index contributed by atoms with van der Waals surface area (Å²) in [6.07, 6.45) is 0.103. The number of carbonyl (C=O) groups excluding carboxylic acids is 1. The molecule has 21 heavy (non-hydrogen) atoms. The van der Waals surface area contributed by atoms with E-state index in [1.165, 1.54) is 0 Å². The maximum atomic E-state index is 12.0. The Hall–Kier alpha value is -1.59. The average molecular weight is 294 g/mol. The number of benzene rings is 1. The minimum atomic E-state index is -0.958. The number of likely N-dealkylation sites (N-methyl/N-ethyl adjacent to an activating group) is 1. The van der Waals surface area contributed by atoms with Gasteiger partial charge in [-0.2, -0.15) is 0 Å². The molecule has 2 N–H and O–H groups in total. The lowest BCUT2D eigenvalue weighted by molar-refractivity contribution is 0.0326. The maximum Gasteiger partial charge on any atom is 0.251 e. The van der Waals surface area contributed by atoms with Gasteiger partial charge < -0.3 is 20.1 Å². The van der Waals surface area contributed by atoms with Crippen LogP contribution in [0.1, 0.15) is 31.1 Å². The fourth-order valence-electron chi connectivity index (χ4n) is 2.07. The standard InChI is InChI=1S/C16H26N2O3/c1-12(2)21-14-8-6-13(7-9-14)15(19)17-10-16(3,20)11-18(4)5/h6-9,12,20H,10-11H2,1-5H3,(H,17,19). The molecule has 0 fully saturated rings. The van der Waals surface area contributed by atoms with Crippen LogP contribution >= 0.6 is 0 Å². The molecule has 1 aromatic rings. The van der Waals surface area contributed by atoms with Gasteiger partial charge in [0.15, 0.2) is 0 Å². The highest BCUT2D eigenvalue weighted by molar-refractivity contribution is 5.94. The van der Waals surface area contributed by atoms with E-state index in [0.717, 1.165) is 5.75 Å². The van der Waals surface area contributed by atoms with Crippen LogP contribution in [0.15, 0.2) is 24.3 Å². The lowest BCUT2D eigenvalue weighted by Gasteiger charge is -2.27. The van der Waals surface area contributed by atoms with E-state index < -0.39 is 5.60 Å². The molecule has 1 amide bonds. The summed E-state index contributed by atoms with van der Waals surface area (Å²) in [5, 5.41) is 12.9. The molecule has 118 valence electrons. The summed E-state index contributed by atoms with van der Waals surface area (Å²) < 4.78 is 5.53. The van der Waals surface area contributed by atoms with Crippen LogP contribution in [0.2, 0.25) is 0 Å². The Labute approximate surface area is 126 Å². The van der Waals surface area contributed by atoms with Crippen LogP contribution in [0.3, 0.4) is 0 Å². The molecule has 0 radical (unpaired) electrons. The molecule has 0 aliphatic rings. The highest BCUT2D eigenvalue weighted by Gasteiger charge is 2.22. The SMILES string of the molecule is CC(C)Oc1ccc(C(=O)NCC(C)(O)CN(C)C)cc1. The van der Waals surface area contributed by atoms with Gasteiger partial charge in [0.05, 0.1) is 11.7 Å². The fraction of sp³-hybridized carbons (Fsp3) is 0.562. The van der Waals surface area contributed by atoms with Crippen molar-refractivity contribution in [2.75, 3.05) is 27.2 Å². The number of hydrogen-bond donors (Lipinski definition) is 2. The van der Waals surface area contributed by atoms with Crippen molar-refractivity contribution in [3.05, 3.63) is 29.8 Å². The second-order valence-electron chi connectivity index (χ2n) is 6.11. The van der Waals surface area contributed by atoms with E-state index in [0.29, 0.717) is 12.1 Å². The van der Waals surface area contributed by atoms with Crippen molar-refractivity contribution in [1.82, 2.24) is 10.2 Å². The number of aliphatic hydroxyl groups is 1. The van der Waals surface area contributed by atoms with Gasteiger partial charge in [-0.05, 0) is 59.1 Å². The topological polar surface area (TPSA) is 61.8 Å². The molecule has 0 bridgehead atoms. The third kappa shape index (κ3) is 6.60. The summed E-state index contributed by atoms with van der Waals surface area (Å²) in [6.45, 7) is 6.29. The molecule has 0 aliphatic heterocycles. The highest BCUT2D eigenvalue weighted by atomic mass is 16.5. The number of rotatable bonds is 7. The average Bonchev–Trinajstić information content (AvgIpc) is 2.34. The molecule has 5 nitrogen and oxygen atoms in total. The summed E-state index contributed by atoms with van der Waals surface area (Å²) in [4.78, 5) is 13.9. The van der Waals surface area contributed by atoms with E-state index in [4.69, 9.17) is 4.74 Å². The van der Waals surface area contributed by atoms with Crippen molar-refractivity contribution in [3.8, 4) is 5.75 Å².